The Morgan fingerprint density at radius 1 is 0.795 bits per heavy atom. The molecule has 0 aromatic carbocycles. The van der Waals surface area contributed by atoms with Crippen molar-refractivity contribution in [1.82, 2.24) is 5.32 Å². The highest BCUT2D eigenvalue weighted by atomic mass is 16.7. The van der Waals surface area contributed by atoms with E-state index in [2.05, 4.69) is 5.32 Å². The van der Waals surface area contributed by atoms with Crippen molar-refractivity contribution >= 4 is 17.8 Å². The summed E-state index contributed by atoms with van der Waals surface area (Å²) in [6.45, 7) is 1.75. The number of carboxylic acids is 1. The minimum Gasteiger partial charge on any atom is -0.480 e. The Morgan fingerprint density at radius 2 is 1.39 bits per heavy atom. The summed E-state index contributed by atoms with van der Waals surface area (Å²) in [6, 6.07) is -0.888. The normalized spacial score (nSPS) is 33.0. The van der Waals surface area contributed by atoms with Crippen LogP contribution in [0.4, 0.5) is 0 Å². The van der Waals surface area contributed by atoms with E-state index < -0.39 is 105 Å². The van der Waals surface area contributed by atoms with Gasteiger partial charge in [0.2, 0.25) is 5.91 Å². The van der Waals surface area contributed by atoms with Crippen molar-refractivity contribution in [2.24, 2.45) is 0 Å². The van der Waals surface area contributed by atoms with Crippen molar-refractivity contribution in [3.05, 3.63) is 0 Å². The largest absolute Gasteiger partial charge is 0.480 e. The molecule has 0 spiro atoms. The molecular formula is C27H47NO16. The van der Waals surface area contributed by atoms with Crippen molar-refractivity contribution in [3.63, 3.8) is 0 Å². The van der Waals surface area contributed by atoms with E-state index in [1.54, 1.807) is 6.92 Å². The van der Waals surface area contributed by atoms with Crippen LogP contribution in [0.15, 0.2) is 0 Å². The number of methoxy groups -OCH3 is 2. The van der Waals surface area contributed by atoms with Crippen LogP contribution in [0.1, 0.15) is 39.5 Å². The SMILES string of the molecule is CCCCC[C@H](NC(=O)CO[C@@H]1C(O)[C@@H](OC)OC(CO[C@@H]2OC(COC)[C@@H](O)[C@H](OCC(=O)O)C2O)[C@H]1O)C(=O)OCC. The third-order valence-electron chi connectivity index (χ3n) is 7.08. The zero-order valence-corrected chi connectivity index (χ0v) is 25.4. The summed E-state index contributed by atoms with van der Waals surface area (Å²) in [5.41, 5.74) is 0. The van der Waals surface area contributed by atoms with Crippen molar-refractivity contribution in [1.29, 1.82) is 0 Å². The summed E-state index contributed by atoms with van der Waals surface area (Å²) in [7, 11) is 2.58. The van der Waals surface area contributed by atoms with E-state index >= 15 is 0 Å². The molecule has 0 radical (unpaired) electrons. The number of amides is 1. The van der Waals surface area contributed by atoms with Crippen molar-refractivity contribution < 1.29 is 77.8 Å². The molecule has 1 amide bonds. The Labute approximate surface area is 255 Å². The molecule has 4 unspecified atom stereocenters. The average Bonchev–Trinajstić information content (AvgIpc) is 2.98. The van der Waals surface area contributed by atoms with E-state index in [-0.39, 0.29) is 13.2 Å². The molecule has 2 aliphatic heterocycles. The van der Waals surface area contributed by atoms with Crippen molar-refractivity contribution in [2.45, 2.75) is 107 Å². The summed E-state index contributed by atoms with van der Waals surface area (Å²) < 4.78 is 42.8. The highest BCUT2D eigenvalue weighted by molar-refractivity contribution is 5.85. The molecule has 0 aromatic rings. The van der Waals surface area contributed by atoms with Crippen LogP contribution >= 0.6 is 0 Å². The van der Waals surface area contributed by atoms with Crippen LogP contribution in [0.2, 0.25) is 0 Å². The molecule has 0 aliphatic carbocycles. The van der Waals surface area contributed by atoms with Crippen LogP contribution in [-0.2, 0) is 52.3 Å². The summed E-state index contributed by atoms with van der Waals surface area (Å²) in [6.07, 6.45) is -11.3. The second-order valence-electron chi connectivity index (χ2n) is 10.4. The lowest BCUT2D eigenvalue weighted by Gasteiger charge is -2.44. The third kappa shape index (κ3) is 11.1. The van der Waals surface area contributed by atoms with Crippen LogP contribution in [-0.4, -0.2) is 158 Å². The summed E-state index contributed by atoms with van der Waals surface area (Å²) in [5, 5.41) is 54.4. The average molecular weight is 642 g/mol. The lowest BCUT2D eigenvalue weighted by molar-refractivity contribution is -0.333. The minimum absolute atomic E-state index is 0.143. The Bertz CT molecular complexity index is 879. The Hall–Kier alpha value is -2.03. The molecule has 2 heterocycles. The molecule has 2 fully saturated rings. The molecule has 6 N–H and O–H groups in total. The highest BCUT2D eigenvalue weighted by Crippen LogP contribution is 2.28. The van der Waals surface area contributed by atoms with Gasteiger partial charge in [-0.25, -0.2) is 9.59 Å². The van der Waals surface area contributed by atoms with E-state index in [4.69, 9.17) is 43.0 Å². The number of aliphatic hydroxyl groups excluding tert-OH is 4. The molecule has 2 aliphatic rings. The lowest BCUT2D eigenvalue weighted by Crippen LogP contribution is -2.62. The molecule has 0 aromatic heterocycles. The maximum atomic E-state index is 12.7. The first-order chi connectivity index (χ1) is 21.0. The summed E-state index contributed by atoms with van der Waals surface area (Å²) in [5.74, 6) is -2.59. The number of hydrogen-bond donors (Lipinski definition) is 6. The quantitative estimate of drug-likeness (QED) is 0.0640. The fourth-order valence-electron chi connectivity index (χ4n) is 4.83. The number of aliphatic carboxylic acids is 1. The molecule has 2 saturated heterocycles. The predicted octanol–water partition coefficient (Wildman–Crippen LogP) is -2.33. The fraction of sp³-hybridized carbons (Fsp3) is 0.889. The maximum absolute atomic E-state index is 12.7. The molecule has 11 atom stereocenters. The van der Waals surface area contributed by atoms with Crippen molar-refractivity contribution in [3.8, 4) is 0 Å². The zero-order valence-electron chi connectivity index (χ0n) is 25.4. The van der Waals surface area contributed by atoms with Gasteiger partial charge in [-0.15, -0.1) is 0 Å². The van der Waals surface area contributed by atoms with E-state index in [0.29, 0.717) is 12.8 Å². The molecule has 2 rings (SSSR count). The Balaban J connectivity index is 2.06. The van der Waals surface area contributed by atoms with E-state index in [1.165, 1.54) is 14.2 Å². The van der Waals surface area contributed by atoms with E-state index in [9.17, 15) is 34.8 Å². The highest BCUT2D eigenvalue weighted by Gasteiger charge is 2.49. The number of esters is 1. The standard InChI is InChI=1S/C27H47NO16/c1-5-7-8-9-14(25(36)39-6-2)28-17(29)12-40-23-20(33)16(43-26(38-4)21(23)34)11-42-27-22(35)24(41-13-18(30)31)19(32)15(44-27)10-37-3/h14-16,19-24,26-27,32-35H,5-13H2,1-4H3,(H,28,29)(H,30,31)/t14-,15?,16?,19+,20+,21?,22?,23-,24-,26-,27+/m0/s1. The second kappa shape index (κ2) is 19.5. The summed E-state index contributed by atoms with van der Waals surface area (Å²) >= 11 is 0. The van der Waals surface area contributed by atoms with Gasteiger partial charge < -0.3 is 68.7 Å². The van der Waals surface area contributed by atoms with Crippen molar-refractivity contribution in [2.75, 3.05) is 47.3 Å². The van der Waals surface area contributed by atoms with Crippen LogP contribution in [0.5, 0.6) is 0 Å². The van der Waals surface area contributed by atoms with E-state index in [1.807, 2.05) is 6.92 Å². The Kier molecular flexibility index (Phi) is 16.9. The number of hydrogen-bond acceptors (Lipinski definition) is 15. The van der Waals surface area contributed by atoms with E-state index in [0.717, 1.165) is 12.8 Å². The van der Waals surface area contributed by atoms with Gasteiger partial charge in [0.05, 0.1) is 19.8 Å². The van der Waals surface area contributed by atoms with Gasteiger partial charge >= 0.3 is 11.9 Å². The number of nitrogens with one attached hydrogen (secondary N) is 1. The minimum atomic E-state index is -1.65. The first-order valence-electron chi connectivity index (χ1n) is 14.6. The molecule has 17 nitrogen and oxygen atoms in total. The lowest BCUT2D eigenvalue weighted by atomic mass is 9.98. The maximum Gasteiger partial charge on any atom is 0.329 e. The van der Waals surface area contributed by atoms with Gasteiger partial charge in [-0.1, -0.05) is 26.2 Å². The molecular weight excluding hydrogens is 594 g/mol. The monoisotopic (exact) mass is 641 g/mol. The smallest absolute Gasteiger partial charge is 0.329 e. The number of carboxylic acid groups (broad SMARTS) is 1. The number of ether oxygens (including phenoxy) is 8. The number of unbranched alkanes of at least 4 members (excludes halogenated alkanes) is 2. The molecule has 44 heavy (non-hydrogen) atoms. The predicted molar refractivity (Wildman–Crippen MR) is 146 cm³/mol. The third-order valence-corrected chi connectivity index (χ3v) is 7.08. The van der Waals surface area contributed by atoms with Gasteiger partial charge in [-0.05, 0) is 13.3 Å². The van der Waals surface area contributed by atoms with Crippen LogP contribution in [0.3, 0.4) is 0 Å². The van der Waals surface area contributed by atoms with Gasteiger partial charge in [-0.3, -0.25) is 4.79 Å². The Morgan fingerprint density at radius 3 is 1.95 bits per heavy atom. The van der Waals surface area contributed by atoms with Gasteiger partial charge in [0.15, 0.2) is 12.6 Å². The van der Waals surface area contributed by atoms with Gasteiger partial charge in [0.25, 0.3) is 0 Å². The first kappa shape index (κ1) is 38.2. The van der Waals surface area contributed by atoms with Crippen LogP contribution in [0, 0.1) is 0 Å². The summed E-state index contributed by atoms with van der Waals surface area (Å²) in [4.78, 5) is 36.0. The first-order valence-corrected chi connectivity index (χ1v) is 14.6. The molecule has 0 bridgehead atoms. The molecule has 17 heteroatoms. The number of carbonyl (C=O) groups excluding carboxylic acids is 2. The molecule has 0 saturated carbocycles. The number of carbonyl (C=O) groups is 3. The molecule has 256 valence electrons. The second-order valence-corrected chi connectivity index (χ2v) is 10.4. The van der Waals surface area contributed by atoms with Crippen LogP contribution in [0.25, 0.3) is 0 Å². The zero-order chi connectivity index (χ0) is 32.8. The van der Waals surface area contributed by atoms with Gasteiger partial charge in [0, 0.05) is 14.2 Å². The van der Waals surface area contributed by atoms with Crippen LogP contribution < -0.4 is 5.32 Å². The van der Waals surface area contributed by atoms with Gasteiger partial charge in [0.1, 0.15) is 68.1 Å². The fourth-order valence-corrected chi connectivity index (χ4v) is 4.83. The topological polar surface area (TPSA) is 238 Å². The van der Waals surface area contributed by atoms with Gasteiger partial charge in [-0.2, -0.15) is 0 Å². The number of aliphatic hydroxyl groups is 4. The number of rotatable bonds is 19.